The second-order valence-corrected chi connectivity index (χ2v) is 6.86. The lowest BCUT2D eigenvalue weighted by molar-refractivity contribution is -0.382. The maximum Gasteiger partial charge on any atom is 0.460 e. The molecule has 0 aliphatic carbocycles. The highest BCUT2D eigenvalue weighted by Crippen LogP contribution is 2.55. The first kappa shape index (κ1) is 22.3. The van der Waals surface area contributed by atoms with Crippen LogP contribution < -0.4 is 0 Å². The molecule has 1 unspecified atom stereocenters. The van der Waals surface area contributed by atoms with Gasteiger partial charge in [-0.1, -0.05) is 13.3 Å². The second kappa shape index (κ2) is 6.30. The number of halogens is 9. The molecule has 0 saturated heterocycles. The maximum absolute atomic E-state index is 13.5. The molecule has 0 saturated carbocycles. The molecule has 0 aromatic heterocycles. The van der Waals surface area contributed by atoms with Crippen molar-refractivity contribution in [2.75, 3.05) is 7.05 Å². The minimum atomic E-state index is -7.24. The molecule has 0 N–H and O–H groups in total. The van der Waals surface area contributed by atoms with E-state index in [1.807, 2.05) is 0 Å². The Balaban J connectivity index is 6.05. The summed E-state index contributed by atoms with van der Waals surface area (Å²) in [5.41, 5.74) is 0. The summed E-state index contributed by atoms with van der Waals surface area (Å²) in [7, 11) is -6.10. The number of nitrogens with zero attached hydrogens (tertiary/aromatic N) is 1. The normalized spacial score (nSPS) is 16.7. The van der Waals surface area contributed by atoms with Crippen molar-refractivity contribution in [2.24, 2.45) is 0 Å². The molecule has 0 heterocycles. The van der Waals surface area contributed by atoms with E-state index in [2.05, 4.69) is 0 Å². The van der Waals surface area contributed by atoms with Gasteiger partial charge in [0.05, 0.1) is 0 Å². The van der Waals surface area contributed by atoms with Crippen LogP contribution in [0.25, 0.3) is 0 Å². The summed E-state index contributed by atoms with van der Waals surface area (Å²) >= 11 is 0. The lowest BCUT2D eigenvalue weighted by Gasteiger charge is -2.36. The molecule has 0 rings (SSSR count). The van der Waals surface area contributed by atoms with Crippen LogP contribution in [0.4, 0.5) is 39.5 Å². The summed E-state index contributed by atoms with van der Waals surface area (Å²) in [6, 6.07) is -1.31. The molecule has 0 bridgehead atoms. The van der Waals surface area contributed by atoms with Crippen molar-refractivity contribution in [3.8, 4) is 0 Å². The van der Waals surface area contributed by atoms with Gasteiger partial charge in [0.15, 0.2) is 0 Å². The van der Waals surface area contributed by atoms with E-state index < -0.39 is 39.3 Å². The van der Waals surface area contributed by atoms with Gasteiger partial charge < -0.3 is 0 Å². The topological polar surface area (TPSA) is 37.4 Å². The molecule has 0 aromatic rings. The Morgan fingerprint density at radius 2 is 1.30 bits per heavy atom. The van der Waals surface area contributed by atoms with Gasteiger partial charge in [0, 0.05) is 13.1 Å². The van der Waals surface area contributed by atoms with Gasteiger partial charge in [-0.3, -0.25) is 0 Å². The lowest BCUT2D eigenvalue weighted by Crippen LogP contribution is -2.65. The number of hydrogen-bond acceptors (Lipinski definition) is 2. The van der Waals surface area contributed by atoms with Crippen LogP contribution in [0.5, 0.6) is 0 Å². The molecule has 3 nitrogen and oxygen atoms in total. The van der Waals surface area contributed by atoms with Gasteiger partial charge in [0.25, 0.3) is 10.0 Å². The Labute approximate surface area is 126 Å². The zero-order valence-electron chi connectivity index (χ0n) is 12.1. The molecule has 13 heteroatoms. The number of rotatable bonds is 7. The summed E-state index contributed by atoms with van der Waals surface area (Å²) < 4.78 is 137. The SMILES string of the molecule is CCCC(C)N(C)S(=O)(=O)C(F)(F)C(F)(F)C(F)(F)C(F)(F)F. The molecule has 0 radical (unpaired) electrons. The highest BCUT2D eigenvalue weighted by molar-refractivity contribution is 7.90. The average molecular weight is 383 g/mol. The van der Waals surface area contributed by atoms with E-state index in [1.54, 1.807) is 0 Å². The van der Waals surface area contributed by atoms with Crippen LogP contribution >= 0.6 is 0 Å². The van der Waals surface area contributed by atoms with Crippen LogP contribution in [0.1, 0.15) is 26.7 Å². The highest BCUT2D eigenvalue weighted by Gasteiger charge is 2.85. The average Bonchev–Trinajstić information content (AvgIpc) is 2.35. The van der Waals surface area contributed by atoms with Crippen LogP contribution in [-0.2, 0) is 10.0 Å². The van der Waals surface area contributed by atoms with Crippen molar-refractivity contribution in [1.29, 1.82) is 0 Å². The van der Waals surface area contributed by atoms with Crippen molar-refractivity contribution in [3.63, 3.8) is 0 Å². The first-order valence-electron chi connectivity index (χ1n) is 6.07. The van der Waals surface area contributed by atoms with E-state index in [-0.39, 0.29) is 17.1 Å². The fourth-order valence-electron chi connectivity index (χ4n) is 1.54. The van der Waals surface area contributed by atoms with E-state index in [1.165, 1.54) is 6.92 Å². The molecule has 140 valence electrons. The van der Waals surface area contributed by atoms with Crippen molar-refractivity contribution >= 4 is 10.0 Å². The van der Waals surface area contributed by atoms with Crippen LogP contribution in [0.15, 0.2) is 0 Å². The molecule has 23 heavy (non-hydrogen) atoms. The van der Waals surface area contributed by atoms with Gasteiger partial charge >= 0.3 is 23.3 Å². The van der Waals surface area contributed by atoms with Gasteiger partial charge in [-0.2, -0.15) is 43.8 Å². The van der Waals surface area contributed by atoms with Crippen LogP contribution in [0.2, 0.25) is 0 Å². The zero-order valence-corrected chi connectivity index (χ0v) is 12.9. The summed E-state index contributed by atoms with van der Waals surface area (Å²) in [4.78, 5) is 0. The standard InChI is InChI=1S/C10H14F9NO2S/c1-4-5-6(2)20(3)23(21,22)10(18,19)8(13,14)7(11,12)9(15,16)17/h6H,4-5H2,1-3H3. The van der Waals surface area contributed by atoms with Crippen molar-refractivity contribution in [2.45, 2.75) is 56.0 Å². The molecule has 0 aromatic carbocycles. The van der Waals surface area contributed by atoms with Crippen LogP contribution in [0, 0.1) is 0 Å². The lowest BCUT2D eigenvalue weighted by atomic mass is 10.1. The summed E-state index contributed by atoms with van der Waals surface area (Å²) in [5.74, 6) is -14.4. The smallest absolute Gasteiger partial charge is 0.206 e. The van der Waals surface area contributed by atoms with Gasteiger partial charge in [-0.05, 0) is 13.3 Å². The van der Waals surface area contributed by atoms with Gasteiger partial charge in [-0.25, -0.2) is 8.42 Å². The Morgan fingerprint density at radius 1 is 0.913 bits per heavy atom. The van der Waals surface area contributed by atoms with Crippen molar-refractivity contribution in [1.82, 2.24) is 4.31 Å². The Morgan fingerprint density at radius 3 is 1.61 bits per heavy atom. The largest absolute Gasteiger partial charge is 0.460 e. The van der Waals surface area contributed by atoms with Crippen LogP contribution in [-0.4, -0.2) is 49.1 Å². The third-order valence-electron chi connectivity index (χ3n) is 3.15. The third-order valence-corrected chi connectivity index (χ3v) is 5.17. The summed E-state index contributed by atoms with van der Waals surface area (Å²) in [6.45, 7) is 2.50. The molecule has 0 aliphatic rings. The predicted molar refractivity (Wildman–Crippen MR) is 61.9 cm³/mol. The molecule has 0 fully saturated rings. The Hall–Kier alpha value is -0.720. The predicted octanol–water partition coefficient (Wildman–Crippen LogP) is 3.86. The van der Waals surface area contributed by atoms with E-state index in [9.17, 15) is 47.9 Å². The highest BCUT2D eigenvalue weighted by atomic mass is 32.2. The Bertz CT molecular complexity index is 515. The molecule has 1 atom stereocenters. The van der Waals surface area contributed by atoms with E-state index in [0.717, 1.165) is 6.92 Å². The maximum atomic E-state index is 13.5. The van der Waals surface area contributed by atoms with E-state index >= 15 is 0 Å². The summed E-state index contributed by atoms with van der Waals surface area (Å²) in [5, 5.41) is -6.67. The number of hydrogen-bond donors (Lipinski definition) is 0. The number of sulfonamides is 1. The van der Waals surface area contributed by atoms with Gasteiger partial charge in [0.1, 0.15) is 0 Å². The molecule has 0 spiro atoms. The molecule has 0 amide bonds. The quantitative estimate of drug-likeness (QED) is 0.626. The monoisotopic (exact) mass is 383 g/mol. The fourth-order valence-corrected chi connectivity index (χ4v) is 2.93. The van der Waals surface area contributed by atoms with E-state index in [4.69, 9.17) is 0 Å². The first-order chi connectivity index (χ1) is 9.89. The second-order valence-electron chi connectivity index (χ2n) is 4.82. The first-order valence-corrected chi connectivity index (χ1v) is 7.51. The molecular formula is C10H14F9NO2S. The number of alkyl halides is 9. The van der Waals surface area contributed by atoms with E-state index in [0.29, 0.717) is 7.05 Å². The zero-order chi connectivity index (χ0) is 19.1. The van der Waals surface area contributed by atoms with Gasteiger partial charge in [0.2, 0.25) is 0 Å². The van der Waals surface area contributed by atoms with Crippen molar-refractivity contribution in [3.05, 3.63) is 0 Å². The summed E-state index contributed by atoms with van der Waals surface area (Å²) in [6.07, 6.45) is -6.95. The van der Waals surface area contributed by atoms with Crippen LogP contribution in [0.3, 0.4) is 0 Å². The Kier molecular flexibility index (Phi) is 6.10. The minimum Gasteiger partial charge on any atom is -0.206 e. The van der Waals surface area contributed by atoms with Crippen molar-refractivity contribution < 1.29 is 47.9 Å². The van der Waals surface area contributed by atoms with Gasteiger partial charge in [-0.15, -0.1) is 0 Å². The fraction of sp³-hybridized carbons (Fsp3) is 1.00. The molecular weight excluding hydrogens is 369 g/mol. The molecule has 0 aliphatic heterocycles. The minimum absolute atomic E-state index is 0.104. The third kappa shape index (κ3) is 3.39.